The maximum atomic E-state index is 12.8. The standard InChI is InChI=1S/C23H24N4O/c28-23(8-2-5-17-4-1-7-22-21(17)6-3-11-25-22)27-16-19-14-20(27)15-26(19)18-9-12-24-13-10-18/h1,3-4,6-7,9-13,19-20H,2,5,8,14-16H2. The number of carbonyl (C=O) groups is 1. The maximum Gasteiger partial charge on any atom is 0.222 e. The van der Waals surface area contributed by atoms with Crippen molar-refractivity contribution in [1.29, 1.82) is 0 Å². The van der Waals surface area contributed by atoms with Crippen LogP contribution in [0.3, 0.4) is 0 Å². The van der Waals surface area contributed by atoms with Gasteiger partial charge in [0.05, 0.1) is 11.6 Å². The summed E-state index contributed by atoms with van der Waals surface area (Å²) in [5.41, 5.74) is 3.53. The molecule has 2 bridgehead atoms. The first-order valence-electron chi connectivity index (χ1n) is 10.1. The lowest BCUT2D eigenvalue weighted by Crippen LogP contribution is -2.48. The molecule has 5 nitrogen and oxygen atoms in total. The monoisotopic (exact) mass is 372 g/mol. The van der Waals surface area contributed by atoms with Crippen molar-refractivity contribution in [3.8, 4) is 0 Å². The molecule has 0 N–H and O–H groups in total. The summed E-state index contributed by atoms with van der Waals surface area (Å²) >= 11 is 0. The third-order valence-corrected chi connectivity index (χ3v) is 6.13. The zero-order chi connectivity index (χ0) is 18.9. The Labute approximate surface area is 165 Å². The van der Waals surface area contributed by atoms with Crippen LogP contribution in [-0.4, -0.2) is 45.9 Å². The molecule has 4 heterocycles. The largest absolute Gasteiger partial charge is 0.365 e. The lowest BCUT2D eigenvalue weighted by Gasteiger charge is -2.35. The van der Waals surface area contributed by atoms with Gasteiger partial charge in [0.15, 0.2) is 0 Å². The van der Waals surface area contributed by atoms with Gasteiger partial charge in [-0.15, -0.1) is 0 Å². The van der Waals surface area contributed by atoms with Crippen molar-refractivity contribution < 1.29 is 4.79 Å². The molecule has 2 aromatic heterocycles. The van der Waals surface area contributed by atoms with Gasteiger partial charge in [-0.1, -0.05) is 18.2 Å². The molecule has 5 heteroatoms. The first-order valence-corrected chi connectivity index (χ1v) is 10.1. The highest BCUT2D eigenvalue weighted by Gasteiger charge is 2.44. The van der Waals surface area contributed by atoms with E-state index in [0.29, 0.717) is 24.4 Å². The van der Waals surface area contributed by atoms with Crippen molar-refractivity contribution in [1.82, 2.24) is 14.9 Å². The van der Waals surface area contributed by atoms with Crippen LogP contribution in [0.1, 0.15) is 24.8 Å². The van der Waals surface area contributed by atoms with E-state index in [-0.39, 0.29) is 0 Å². The topological polar surface area (TPSA) is 49.3 Å². The number of hydrogen-bond donors (Lipinski definition) is 0. The number of amides is 1. The van der Waals surface area contributed by atoms with Gasteiger partial charge in [-0.2, -0.15) is 0 Å². The average Bonchev–Trinajstić information content (AvgIpc) is 3.36. The molecule has 1 amide bonds. The normalized spacial score (nSPS) is 20.9. The Balaban J connectivity index is 1.18. The van der Waals surface area contributed by atoms with Gasteiger partial charge in [0.25, 0.3) is 0 Å². The lowest BCUT2D eigenvalue weighted by atomic mass is 10.0. The van der Waals surface area contributed by atoms with Crippen LogP contribution in [0.4, 0.5) is 5.69 Å². The number of pyridine rings is 2. The van der Waals surface area contributed by atoms with E-state index in [0.717, 1.165) is 37.9 Å². The van der Waals surface area contributed by atoms with Gasteiger partial charge in [-0.3, -0.25) is 14.8 Å². The van der Waals surface area contributed by atoms with E-state index in [4.69, 9.17) is 0 Å². The van der Waals surface area contributed by atoms with Crippen molar-refractivity contribution >= 4 is 22.5 Å². The number of aryl methyl sites for hydroxylation is 1. The SMILES string of the molecule is O=C(CCCc1cccc2ncccc12)N1CC2CC1CN2c1ccncc1. The number of benzene rings is 1. The van der Waals surface area contributed by atoms with Gasteiger partial charge in [0.2, 0.25) is 5.91 Å². The van der Waals surface area contributed by atoms with E-state index >= 15 is 0 Å². The lowest BCUT2D eigenvalue weighted by molar-refractivity contribution is -0.132. The van der Waals surface area contributed by atoms with Crippen LogP contribution in [0, 0.1) is 0 Å². The predicted molar refractivity (Wildman–Crippen MR) is 110 cm³/mol. The van der Waals surface area contributed by atoms with Crippen LogP contribution in [0.5, 0.6) is 0 Å². The molecule has 0 aliphatic carbocycles. The van der Waals surface area contributed by atoms with Crippen LogP contribution in [-0.2, 0) is 11.2 Å². The Morgan fingerprint density at radius 1 is 1.00 bits per heavy atom. The Morgan fingerprint density at radius 2 is 1.89 bits per heavy atom. The minimum Gasteiger partial charge on any atom is -0.365 e. The molecule has 2 aliphatic rings. The molecular formula is C23H24N4O. The van der Waals surface area contributed by atoms with Crippen LogP contribution >= 0.6 is 0 Å². The molecule has 28 heavy (non-hydrogen) atoms. The maximum absolute atomic E-state index is 12.8. The minimum atomic E-state index is 0.306. The number of anilines is 1. The fraction of sp³-hybridized carbons (Fsp3) is 0.348. The van der Waals surface area contributed by atoms with E-state index in [9.17, 15) is 4.79 Å². The molecule has 2 aliphatic heterocycles. The van der Waals surface area contributed by atoms with Crippen molar-refractivity contribution in [2.24, 2.45) is 0 Å². The van der Waals surface area contributed by atoms with E-state index < -0.39 is 0 Å². The molecule has 2 fully saturated rings. The van der Waals surface area contributed by atoms with Gasteiger partial charge in [-0.05, 0) is 49.1 Å². The van der Waals surface area contributed by atoms with Crippen molar-refractivity contribution in [3.63, 3.8) is 0 Å². The van der Waals surface area contributed by atoms with E-state index in [2.05, 4.69) is 50.1 Å². The second kappa shape index (κ2) is 7.23. The highest BCUT2D eigenvalue weighted by molar-refractivity contribution is 5.82. The fourth-order valence-electron chi connectivity index (χ4n) is 4.78. The number of rotatable bonds is 5. The number of fused-ring (bicyclic) bond motifs is 3. The molecule has 2 atom stereocenters. The molecule has 0 spiro atoms. The average molecular weight is 372 g/mol. The summed E-state index contributed by atoms with van der Waals surface area (Å²) < 4.78 is 0. The summed E-state index contributed by atoms with van der Waals surface area (Å²) in [5, 5.41) is 1.20. The van der Waals surface area contributed by atoms with Crippen LogP contribution in [0.25, 0.3) is 10.9 Å². The van der Waals surface area contributed by atoms with Gasteiger partial charge in [0.1, 0.15) is 0 Å². The van der Waals surface area contributed by atoms with Gasteiger partial charge in [-0.25, -0.2) is 0 Å². The molecule has 142 valence electrons. The number of nitrogens with zero attached hydrogens (tertiary/aromatic N) is 4. The molecule has 3 aromatic rings. The predicted octanol–water partition coefficient (Wildman–Crippen LogP) is 3.44. The first kappa shape index (κ1) is 17.2. The highest BCUT2D eigenvalue weighted by atomic mass is 16.2. The molecule has 2 unspecified atom stereocenters. The molecule has 5 rings (SSSR count). The third kappa shape index (κ3) is 3.11. The summed E-state index contributed by atoms with van der Waals surface area (Å²) in [6.07, 6.45) is 9.01. The molecule has 0 saturated carbocycles. The number of likely N-dealkylation sites (tertiary alicyclic amines) is 1. The van der Waals surface area contributed by atoms with E-state index in [1.807, 2.05) is 30.7 Å². The first-order chi connectivity index (χ1) is 13.8. The summed E-state index contributed by atoms with van der Waals surface area (Å²) in [6.45, 7) is 1.79. The molecule has 0 radical (unpaired) electrons. The van der Waals surface area contributed by atoms with Gasteiger partial charge >= 0.3 is 0 Å². The molecule has 1 aromatic carbocycles. The van der Waals surface area contributed by atoms with Crippen LogP contribution in [0.15, 0.2) is 61.1 Å². The van der Waals surface area contributed by atoms with E-state index in [1.165, 1.54) is 16.6 Å². The second-order valence-corrected chi connectivity index (χ2v) is 7.79. The van der Waals surface area contributed by atoms with Gasteiger partial charge < -0.3 is 9.80 Å². The molecule has 2 saturated heterocycles. The van der Waals surface area contributed by atoms with Crippen LogP contribution in [0.2, 0.25) is 0 Å². The summed E-state index contributed by atoms with van der Waals surface area (Å²) in [6, 6.07) is 15.3. The number of carbonyl (C=O) groups excluding carboxylic acids is 1. The quantitative estimate of drug-likeness (QED) is 0.688. The van der Waals surface area contributed by atoms with E-state index in [1.54, 1.807) is 0 Å². The Hall–Kier alpha value is -2.95. The summed E-state index contributed by atoms with van der Waals surface area (Å²) in [4.78, 5) is 25.9. The van der Waals surface area contributed by atoms with Crippen LogP contribution < -0.4 is 4.90 Å². The highest BCUT2D eigenvalue weighted by Crippen LogP contribution is 2.34. The zero-order valence-corrected chi connectivity index (χ0v) is 15.9. The van der Waals surface area contributed by atoms with Crippen molar-refractivity contribution in [2.45, 2.75) is 37.8 Å². The third-order valence-electron chi connectivity index (χ3n) is 6.13. The second-order valence-electron chi connectivity index (χ2n) is 7.79. The summed E-state index contributed by atoms with van der Waals surface area (Å²) in [7, 11) is 0. The zero-order valence-electron chi connectivity index (χ0n) is 15.9. The van der Waals surface area contributed by atoms with Crippen molar-refractivity contribution in [3.05, 3.63) is 66.6 Å². The Bertz CT molecular complexity index is 985. The minimum absolute atomic E-state index is 0.306. The number of hydrogen-bond acceptors (Lipinski definition) is 4. The number of aromatic nitrogens is 2. The number of piperazine rings is 1. The fourth-order valence-corrected chi connectivity index (χ4v) is 4.78. The smallest absolute Gasteiger partial charge is 0.222 e. The van der Waals surface area contributed by atoms with Crippen molar-refractivity contribution in [2.75, 3.05) is 18.0 Å². The molecular weight excluding hydrogens is 348 g/mol. The Kier molecular flexibility index (Phi) is 4.43. The van der Waals surface area contributed by atoms with Gasteiger partial charge in [0, 0.05) is 55.2 Å². The summed E-state index contributed by atoms with van der Waals surface area (Å²) in [5.74, 6) is 0.306. The Morgan fingerprint density at radius 3 is 2.71 bits per heavy atom.